The van der Waals surface area contributed by atoms with Gasteiger partial charge in [-0.15, -0.1) is 0 Å². The predicted molar refractivity (Wildman–Crippen MR) is 98.4 cm³/mol. The number of rotatable bonds is 9. The molecule has 0 saturated carbocycles. The summed E-state index contributed by atoms with van der Waals surface area (Å²) >= 11 is 0. The van der Waals surface area contributed by atoms with E-state index in [1.807, 2.05) is 18.2 Å². The molecule has 5 nitrogen and oxygen atoms in total. The number of benzene rings is 2. The minimum absolute atomic E-state index is 0.155. The number of anilines is 1. The molecule has 1 N–H and O–H groups in total. The largest absolute Gasteiger partial charge is 0.381 e. The number of carbonyl (C=O) groups excluding carboxylic acids is 1. The van der Waals surface area contributed by atoms with Gasteiger partial charge in [-0.05, 0) is 36.6 Å². The minimum Gasteiger partial charge on any atom is -0.381 e. The lowest BCUT2D eigenvalue weighted by Crippen LogP contribution is -2.13. The molecular weight excluding hydrogens is 338 g/mol. The van der Waals surface area contributed by atoms with E-state index in [0.717, 1.165) is 12.7 Å². The molecule has 0 unspecified atom stereocenters. The highest BCUT2D eigenvalue weighted by Gasteiger charge is 2.09. The molecule has 0 spiro atoms. The van der Waals surface area contributed by atoms with Crippen LogP contribution in [0.5, 0.6) is 0 Å². The van der Waals surface area contributed by atoms with Crippen molar-refractivity contribution in [3.8, 4) is 0 Å². The molecule has 0 radical (unpaired) electrons. The standard InChI is InChI=1S/C19H23NO4S/c1-25(22,23)18-10-5-9-17(15-18)20-19(21)11-6-13-24-14-12-16-7-3-2-4-8-16/h2-5,7-10,15H,6,11-14H2,1H3,(H,20,21). The second-order valence-electron chi connectivity index (χ2n) is 5.80. The first-order chi connectivity index (χ1) is 11.9. The molecule has 0 aromatic heterocycles. The first-order valence-corrected chi connectivity index (χ1v) is 10.1. The van der Waals surface area contributed by atoms with Crippen LogP contribution in [0.4, 0.5) is 5.69 Å². The van der Waals surface area contributed by atoms with Gasteiger partial charge in [-0.1, -0.05) is 36.4 Å². The Morgan fingerprint density at radius 1 is 1.04 bits per heavy atom. The molecule has 0 fully saturated rings. The molecule has 134 valence electrons. The van der Waals surface area contributed by atoms with Crippen molar-refractivity contribution in [2.24, 2.45) is 0 Å². The van der Waals surface area contributed by atoms with Crippen LogP contribution in [0.25, 0.3) is 0 Å². The average Bonchev–Trinajstić information content (AvgIpc) is 2.58. The summed E-state index contributed by atoms with van der Waals surface area (Å²) in [6.45, 7) is 1.14. The van der Waals surface area contributed by atoms with Crippen LogP contribution >= 0.6 is 0 Å². The maximum Gasteiger partial charge on any atom is 0.224 e. The van der Waals surface area contributed by atoms with Crippen molar-refractivity contribution in [1.29, 1.82) is 0 Å². The van der Waals surface area contributed by atoms with Crippen LogP contribution in [0.15, 0.2) is 59.5 Å². The molecule has 0 saturated heterocycles. The summed E-state index contributed by atoms with van der Waals surface area (Å²) in [7, 11) is -3.28. The molecule has 25 heavy (non-hydrogen) atoms. The molecule has 0 aliphatic carbocycles. The topological polar surface area (TPSA) is 72.5 Å². The van der Waals surface area contributed by atoms with Crippen LogP contribution in [0, 0.1) is 0 Å². The summed E-state index contributed by atoms with van der Waals surface area (Å²) in [6, 6.07) is 16.3. The van der Waals surface area contributed by atoms with E-state index in [1.54, 1.807) is 12.1 Å². The van der Waals surface area contributed by atoms with Crippen molar-refractivity contribution in [3.05, 3.63) is 60.2 Å². The van der Waals surface area contributed by atoms with Crippen molar-refractivity contribution in [1.82, 2.24) is 0 Å². The molecule has 0 aliphatic rings. The normalized spacial score (nSPS) is 11.2. The molecule has 2 rings (SSSR count). The van der Waals surface area contributed by atoms with Crippen molar-refractivity contribution >= 4 is 21.4 Å². The minimum atomic E-state index is -3.28. The van der Waals surface area contributed by atoms with Gasteiger partial charge in [0.25, 0.3) is 0 Å². The molecule has 6 heteroatoms. The van der Waals surface area contributed by atoms with E-state index in [4.69, 9.17) is 4.74 Å². The Hall–Kier alpha value is -2.18. The lowest BCUT2D eigenvalue weighted by Gasteiger charge is -2.07. The van der Waals surface area contributed by atoms with E-state index in [0.29, 0.717) is 31.7 Å². The van der Waals surface area contributed by atoms with Gasteiger partial charge >= 0.3 is 0 Å². The second-order valence-corrected chi connectivity index (χ2v) is 7.82. The first kappa shape index (κ1) is 19.1. The number of nitrogens with one attached hydrogen (secondary N) is 1. The average molecular weight is 361 g/mol. The van der Waals surface area contributed by atoms with Gasteiger partial charge in [-0.25, -0.2) is 8.42 Å². The number of ether oxygens (including phenoxy) is 1. The van der Waals surface area contributed by atoms with Crippen LogP contribution in [-0.4, -0.2) is 33.8 Å². The van der Waals surface area contributed by atoms with E-state index in [1.165, 1.54) is 17.7 Å². The number of hydrogen-bond donors (Lipinski definition) is 1. The molecule has 1 amide bonds. The van der Waals surface area contributed by atoms with Gasteiger partial charge in [0.05, 0.1) is 11.5 Å². The predicted octanol–water partition coefficient (Wildman–Crippen LogP) is 3.07. The van der Waals surface area contributed by atoms with Crippen LogP contribution < -0.4 is 5.32 Å². The Bertz CT molecular complexity index is 788. The van der Waals surface area contributed by atoms with Gasteiger partial charge in [-0.2, -0.15) is 0 Å². The maximum atomic E-state index is 11.9. The third-order valence-corrected chi connectivity index (χ3v) is 4.73. The Morgan fingerprint density at radius 3 is 2.52 bits per heavy atom. The number of sulfone groups is 1. The molecule has 0 aliphatic heterocycles. The lowest BCUT2D eigenvalue weighted by atomic mass is 10.2. The van der Waals surface area contributed by atoms with E-state index in [2.05, 4.69) is 17.4 Å². The smallest absolute Gasteiger partial charge is 0.224 e. The van der Waals surface area contributed by atoms with Gasteiger partial charge in [0, 0.05) is 25.0 Å². The van der Waals surface area contributed by atoms with Gasteiger partial charge in [0.15, 0.2) is 9.84 Å². The third-order valence-electron chi connectivity index (χ3n) is 3.62. The molecular formula is C19H23NO4S. The quantitative estimate of drug-likeness (QED) is 0.697. The summed E-state index contributed by atoms with van der Waals surface area (Å²) in [5.41, 5.74) is 1.71. The summed E-state index contributed by atoms with van der Waals surface area (Å²) < 4.78 is 28.6. The fourth-order valence-corrected chi connectivity index (χ4v) is 2.97. The maximum absolute atomic E-state index is 11.9. The van der Waals surface area contributed by atoms with Crippen molar-refractivity contribution in [3.63, 3.8) is 0 Å². The molecule has 2 aromatic carbocycles. The Kier molecular flexibility index (Phi) is 7.16. The summed E-state index contributed by atoms with van der Waals surface area (Å²) in [4.78, 5) is 12.1. The fraction of sp³-hybridized carbons (Fsp3) is 0.316. The molecule has 0 heterocycles. The van der Waals surface area contributed by atoms with Crippen LogP contribution in [0.3, 0.4) is 0 Å². The van der Waals surface area contributed by atoms with Crippen LogP contribution in [-0.2, 0) is 25.8 Å². The Labute approximate surface area is 148 Å². The van der Waals surface area contributed by atoms with Gasteiger partial charge in [-0.3, -0.25) is 4.79 Å². The van der Waals surface area contributed by atoms with E-state index < -0.39 is 9.84 Å². The lowest BCUT2D eigenvalue weighted by molar-refractivity contribution is -0.116. The molecule has 0 atom stereocenters. The van der Waals surface area contributed by atoms with Crippen LogP contribution in [0.2, 0.25) is 0 Å². The van der Waals surface area contributed by atoms with E-state index in [9.17, 15) is 13.2 Å². The Morgan fingerprint density at radius 2 is 1.80 bits per heavy atom. The first-order valence-electron chi connectivity index (χ1n) is 8.17. The molecule has 0 bridgehead atoms. The van der Waals surface area contributed by atoms with Crippen molar-refractivity contribution in [2.75, 3.05) is 24.8 Å². The van der Waals surface area contributed by atoms with Gasteiger partial charge in [0.2, 0.25) is 5.91 Å². The molecule has 2 aromatic rings. The van der Waals surface area contributed by atoms with Crippen molar-refractivity contribution in [2.45, 2.75) is 24.2 Å². The van der Waals surface area contributed by atoms with E-state index in [-0.39, 0.29) is 10.8 Å². The fourth-order valence-electron chi connectivity index (χ4n) is 2.30. The zero-order chi connectivity index (χ0) is 18.1. The van der Waals surface area contributed by atoms with Gasteiger partial charge < -0.3 is 10.1 Å². The van der Waals surface area contributed by atoms with E-state index >= 15 is 0 Å². The number of hydrogen-bond acceptors (Lipinski definition) is 4. The van der Waals surface area contributed by atoms with Crippen LogP contribution in [0.1, 0.15) is 18.4 Å². The number of amides is 1. The highest BCUT2D eigenvalue weighted by Crippen LogP contribution is 2.15. The highest BCUT2D eigenvalue weighted by molar-refractivity contribution is 7.90. The Balaban J connectivity index is 1.66. The monoisotopic (exact) mass is 361 g/mol. The highest BCUT2D eigenvalue weighted by atomic mass is 32.2. The van der Waals surface area contributed by atoms with Crippen molar-refractivity contribution < 1.29 is 17.9 Å². The number of carbonyl (C=O) groups is 1. The third kappa shape index (κ3) is 7.07. The SMILES string of the molecule is CS(=O)(=O)c1cccc(NC(=O)CCCOCCc2ccccc2)c1. The van der Waals surface area contributed by atoms with Gasteiger partial charge in [0.1, 0.15) is 0 Å². The summed E-state index contributed by atoms with van der Waals surface area (Å²) in [5.74, 6) is -0.155. The second kappa shape index (κ2) is 9.34. The zero-order valence-electron chi connectivity index (χ0n) is 14.3. The summed E-state index contributed by atoms with van der Waals surface area (Å²) in [6.07, 6.45) is 2.94. The summed E-state index contributed by atoms with van der Waals surface area (Å²) in [5, 5.41) is 2.71. The zero-order valence-corrected chi connectivity index (χ0v) is 15.1.